The Morgan fingerprint density at radius 2 is 1.53 bits per heavy atom. The van der Waals surface area contributed by atoms with Crippen LogP contribution in [-0.2, 0) is 0 Å². The van der Waals surface area contributed by atoms with Gasteiger partial charge in [0.25, 0.3) is 0 Å². The SMILES string of the molecule is Cc1nn(-c2ccccc2)c(OC(=O)c2ccco2)c1Sc1c(F)c(F)c(F)c(F)c1F. The smallest absolute Gasteiger partial charge is 0.380 e. The third kappa shape index (κ3) is 3.75. The van der Waals surface area contributed by atoms with Crippen molar-refractivity contribution in [2.45, 2.75) is 16.7 Å². The minimum Gasteiger partial charge on any atom is -0.457 e. The lowest BCUT2D eigenvalue weighted by Crippen LogP contribution is -2.11. The number of aromatic nitrogens is 2. The quantitative estimate of drug-likeness (QED) is 0.160. The average Bonchev–Trinajstić information content (AvgIpc) is 3.44. The van der Waals surface area contributed by atoms with Gasteiger partial charge in [-0.1, -0.05) is 30.0 Å². The highest BCUT2D eigenvalue weighted by Gasteiger charge is 2.30. The number of halogens is 5. The van der Waals surface area contributed by atoms with Gasteiger partial charge in [-0.25, -0.2) is 26.7 Å². The maximum absolute atomic E-state index is 14.3. The lowest BCUT2D eigenvalue weighted by Gasteiger charge is -2.11. The first-order valence-corrected chi connectivity index (χ1v) is 9.71. The Morgan fingerprint density at radius 3 is 2.12 bits per heavy atom. The van der Waals surface area contributed by atoms with Gasteiger partial charge in [-0.2, -0.15) is 9.78 Å². The van der Waals surface area contributed by atoms with Crippen LogP contribution >= 0.6 is 11.8 Å². The number of hydrogen-bond acceptors (Lipinski definition) is 5. The molecule has 2 aromatic heterocycles. The summed E-state index contributed by atoms with van der Waals surface area (Å²) in [5.41, 5.74) is 0.534. The third-order valence-corrected chi connectivity index (χ3v) is 5.49. The van der Waals surface area contributed by atoms with Gasteiger partial charge in [0.15, 0.2) is 23.3 Å². The molecule has 4 rings (SSSR count). The van der Waals surface area contributed by atoms with Crippen LogP contribution in [0, 0.1) is 36.0 Å². The summed E-state index contributed by atoms with van der Waals surface area (Å²) in [5, 5.41) is 4.21. The molecule has 0 N–H and O–H groups in total. The summed E-state index contributed by atoms with van der Waals surface area (Å²) in [5.74, 6) is -11.9. The minimum atomic E-state index is -2.27. The molecule has 0 spiro atoms. The van der Waals surface area contributed by atoms with Crippen molar-refractivity contribution in [3.8, 4) is 11.6 Å². The number of nitrogens with zero attached hydrogens (tertiary/aromatic N) is 2. The van der Waals surface area contributed by atoms with Gasteiger partial charge in [-0.15, -0.1) is 0 Å². The standard InChI is InChI=1S/C21H11F5N2O3S/c1-10-18(32-19-16(25)14(23)13(22)15(24)17(19)26)20(31-21(29)12-8-5-9-30-12)28(27-10)11-6-3-2-4-7-11/h2-9H,1H3. The topological polar surface area (TPSA) is 57.3 Å². The summed E-state index contributed by atoms with van der Waals surface area (Å²) in [4.78, 5) is 11.2. The first-order chi connectivity index (χ1) is 15.3. The molecule has 32 heavy (non-hydrogen) atoms. The highest BCUT2D eigenvalue weighted by molar-refractivity contribution is 7.99. The normalized spacial score (nSPS) is 11.1. The van der Waals surface area contributed by atoms with Crippen LogP contribution in [0.3, 0.4) is 0 Å². The molecule has 0 saturated carbocycles. The Balaban J connectivity index is 1.86. The number of aryl methyl sites for hydroxylation is 1. The Bertz CT molecular complexity index is 1280. The number of furan rings is 1. The summed E-state index contributed by atoms with van der Waals surface area (Å²) in [6, 6.07) is 11.1. The summed E-state index contributed by atoms with van der Waals surface area (Å²) >= 11 is 0.198. The molecule has 0 radical (unpaired) electrons. The first-order valence-electron chi connectivity index (χ1n) is 8.89. The predicted molar refractivity (Wildman–Crippen MR) is 102 cm³/mol. The molecule has 2 heterocycles. The van der Waals surface area contributed by atoms with E-state index in [1.54, 1.807) is 30.3 Å². The molecule has 0 unspecified atom stereocenters. The van der Waals surface area contributed by atoms with Crippen molar-refractivity contribution in [2.24, 2.45) is 0 Å². The number of ether oxygens (including phenoxy) is 1. The summed E-state index contributed by atoms with van der Waals surface area (Å²) in [6.07, 6.45) is 1.24. The van der Waals surface area contributed by atoms with Crippen LogP contribution < -0.4 is 4.74 Å². The molecule has 5 nitrogen and oxygen atoms in total. The largest absolute Gasteiger partial charge is 0.457 e. The van der Waals surface area contributed by atoms with Crippen molar-refractivity contribution in [1.29, 1.82) is 0 Å². The fourth-order valence-electron chi connectivity index (χ4n) is 2.75. The van der Waals surface area contributed by atoms with Gasteiger partial charge in [-0.3, -0.25) is 0 Å². The van der Waals surface area contributed by atoms with Crippen molar-refractivity contribution in [3.63, 3.8) is 0 Å². The van der Waals surface area contributed by atoms with Crippen LogP contribution in [0.5, 0.6) is 5.88 Å². The molecule has 0 fully saturated rings. The zero-order valence-electron chi connectivity index (χ0n) is 16.0. The molecule has 0 amide bonds. The molecule has 0 aliphatic carbocycles. The van der Waals surface area contributed by atoms with E-state index in [1.165, 1.54) is 30.0 Å². The zero-order chi connectivity index (χ0) is 23.0. The second kappa shape index (κ2) is 8.50. The third-order valence-electron chi connectivity index (χ3n) is 4.25. The Hall–Kier alpha value is -3.60. The van der Waals surface area contributed by atoms with E-state index in [-0.39, 0.29) is 34.0 Å². The summed E-state index contributed by atoms with van der Waals surface area (Å²) in [7, 11) is 0. The van der Waals surface area contributed by atoms with Crippen molar-refractivity contribution in [3.05, 3.63) is 89.3 Å². The highest BCUT2D eigenvalue weighted by atomic mass is 32.2. The molecular formula is C21H11F5N2O3S. The number of para-hydroxylation sites is 1. The Kier molecular flexibility index (Phi) is 5.74. The number of hydrogen-bond donors (Lipinski definition) is 0. The fourth-order valence-corrected chi connectivity index (χ4v) is 3.72. The van der Waals surface area contributed by atoms with Gasteiger partial charge in [0.1, 0.15) is 0 Å². The van der Waals surface area contributed by atoms with E-state index < -0.39 is 40.0 Å². The Morgan fingerprint density at radius 1 is 0.906 bits per heavy atom. The lowest BCUT2D eigenvalue weighted by molar-refractivity contribution is 0.0685. The molecule has 0 aliphatic heterocycles. The van der Waals surface area contributed by atoms with Gasteiger partial charge < -0.3 is 9.15 Å². The van der Waals surface area contributed by atoms with Crippen molar-refractivity contribution in [2.75, 3.05) is 0 Å². The number of benzene rings is 2. The summed E-state index contributed by atoms with van der Waals surface area (Å²) < 4.78 is 80.9. The van der Waals surface area contributed by atoms with Gasteiger partial charge in [0, 0.05) is 0 Å². The molecule has 164 valence electrons. The zero-order valence-corrected chi connectivity index (χ0v) is 16.9. The summed E-state index contributed by atoms with van der Waals surface area (Å²) in [6.45, 7) is 1.43. The van der Waals surface area contributed by atoms with Crippen LogP contribution in [0.25, 0.3) is 5.69 Å². The molecule has 11 heteroatoms. The Labute approximate surface area is 181 Å². The molecule has 4 aromatic rings. The van der Waals surface area contributed by atoms with Crippen molar-refractivity contribution < 1.29 is 35.9 Å². The molecular weight excluding hydrogens is 455 g/mol. The minimum absolute atomic E-state index is 0.116. The molecule has 2 aromatic carbocycles. The van der Waals surface area contributed by atoms with Gasteiger partial charge in [-0.05, 0) is 31.2 Å². The first kappa shape index (κ1) is 21.6. The predicted octanol–water partition coefficient (Wildman–Crippen LogP) is 5.84. The number of carbonyl (C=O) groups is 1. The van der Waals surface area contributed by atoms with E-state index >= 15 is 0 Å². The molecule has 0 aliphatic rings. The van der Waals surface area contributed by atoms with Crippen LogP contribution in [0.1, 0.15) is 16.2 Å². The van der Waals surface area contributed by atoms with Gasteiger partial charge in [0.2, 0.25) is 17.5 Å². The molecule has 0 saturated heterocycles. The highest BCUT2D eigenvalue weighted by Crippen LogP contribution is 2.42. The van der Waals surface area contributed by atoms with Crippen LogP contribution in [0.15, 0.2) is 62.9 Å². The van der Waals surface area contributed by atoms with Crippen LogP contribution in [0.2, 0.25) is 0 Å². The molecule has 0 atom stereocenters. The number of esters is 1. The van der Waals surface area contributed by atoms with E-state index in [0.29, 0.717) is 5.69 Å². The van der Waals surface area contributed by atoms with E-state index in [1.807, 2.05) is 0 Å². The molecule has 0 bridgehead atoms. The van der Waals surface area contributed by atoms with Crippen molar-refractivity contribution in [1.82, 2.24) is 9.78 Å². The van der Waals surface area contributed by atoms with E-state index in [9.17, 15) is 26.7 Å². The number of carbonyl (C=O) groups excluding carboxylic acids is 1. The average molecular weight is 466 g/mol. The second-order valence-electron chi connectivity index (χ2n) is 6.33. The maximum Gasteiger partial charge on any atom is 0.380 e. The number of rotatable bonds is 5. The monoisotopic (exact) mass is 466 g/mol. The second-order valence-corrected chi connectivity index (χ2v) is 7.36. The van der Waals surface area contributed by atoms with E-state index in [0.717, 1.165) is 0 Å². The van der Waals surface area contributed by atoms with Crippen LogP contribution in [-0.4, -0.2) is 15.7 Å². The van der Waals surface area contributed by atoms with Crippen LogP contribution in [0.4, 0.5) is 22.0 Å². The van der Waals surface area contributed by atoms with Gasteiger partial charge in [0.05, 0.1) is 27.4 Å². The fraction of sp³-hybridized carbons (Fsp3) is 0.0476. The van der Waals surface area contributed by atoms with Gasteiger partial charge >= 0.3 is 5.97 Å². The lowest BCUT2D eigenvalue weighted by atomic mass is 10.3. The van der Waals surface area contributed by atoms with E-state index in [2.05, 4.69) is 5.10 Å². The maximum atomic E-state index is 14.3. The van der Waals surface area contributed by atoms with E-state index in [4.69, 9.17) is 9.15 Å². The van der Waals surface area contributed by atoms with Crippen molar-refractivity contribution >= 4 is 17.7 Å².